The highest BCUT2D eigenvalue weighted by Crippen LogP contribution is 2.05. The van der Waals surface area contributed by atoms with Crippen LogP contribution < -0.4 is 22.1 Å². The number of primary amides is 1. The molecule has 10 heteroatoms. The average molecular weight is 380 g/mol. The van der Waals surface area contributed by atoms with Gasteiger partial charge in [0.05, 0.1) is 18.6 Å². The Morgan fingerprint density at radius 2 is 1.67 bits per heavy atom. The van der Waals surface area contributed by atoms with Gasteiger partial charge in [0.1, 0.15) is 12.1 Å². The van der Waals surface area contributed by atoms with E-state index in [0.29, 0.717) is 5.56 Å². The van der Waals surface area contributed by atoms with Crippen LogP contribution in [0.5, 0.6) is 0 Å². The molecule has 0 aliphatic carbocycles. The Morgan fingerprint density at radius 3 is 2.15 bits per heavy atom. The minimum atomic E-state index is -1.45. The Morgan fingerprint density at radius 1 is 1.07 bits per heavy atom. The summed E-state index contributed by atoms with van der Waals surface area (Å²) in [6, 6.07) is 4.64. The smallest absolute Gasteiger partial charge is 0.326 e. The normalized spacial score (nSPS) is 15.1. The van der Waals surface area contributed by atoms with Gasteiger partial charge in [0, 0.05) is 6.42 Å². The molecule has 4 atom stereocenters. The number of aliphatic hydroxyl groups excluding tert-OH is 1. The van der Waals surface area contributed by atoms with E-state index < -0.39 is 54.3 Å². The molecule has 10 nitrogen and oxygen atoms in total. The van der Waals surface area contributed by atoms with E-state index in [4.69, 9.17) is 11.5 Å². The molecule has 0 saturated heterocycles. The molecular formula is C17H24N4O6. The maximum Gasteiger partial charge on any atom is 0.326 e. The van der Waals surface area contributed by atoms with Crippen molar-refractivity contribution >= 4 is 23.7 Å². The van der Waals surface area contributed by atoms with Crippen molar-refractivity contribution in [3.05, 3.63) is 35.9 Å². The fourth-order valence-corrected chi connectivity index (χ4v) is 2.29. The molecule has 1 aromatic rings. The maximum absolute atomic E-state index is 12.4. The molecule has 0 radical (unpaired) electrons. The van der Waals surface area contributed by atoms with Gasteiger partial charge in [-0.1, -0.05) is 30.3 Å². The van der Waals surface area contributed by atoms with Gasteiger partial charge >= 0.3 is 5.97 Å². The van der Waals surface area contributed by atoms with Crippen LogP contribution in [0.25, 0.3) is 0 Å². The van der Waals surface area contributed by atoms with Crippen molar-refractivity contribution in [2.75, 3.05) is 0 Å². The van der Waals surface area contributed by atoms with Crippen LogP contribution in [0.15, 0.2) is 30.3 Å². The predicted molar refractivity (Wildman–Crippen MR) is 95.1 cm³/mol. The first-order valence-electron chi connectivity index (χ1n) is 8.21. The molecule has 0 aliphatic rings. The number of benzene rings is 1. The number of nitrogens with one attached hydrogen (secondary N) is 2. The average Bonchev–Trinajstić information content (AvgIpc) is 2.58. The number of aliphatic hydroxyl groups is 1. The second kappa shape index (κ2) is 10.2. The minimum Gasteiger partial charge on any atom is -0.480 e. The highest BCUT2D eigenvalue weighted by Gasteiger charge is 2.31. The van der Waals surface area contributed by atoms with E-state index in [-0.39, 0.29) is 6.42 Å². The largest absolute Gasteiger partial charge is 0.480 e. The summed E-state index contributed by atoms with van der Waals surface area (Å²) in [6.45, 7) is 1.25. The summed E-state index contributed by atoms with van der Waals surface area (Å²) in [6.07, 6.45) is -1.75. The second-order valence-corrected chi connectivity index (χ2v) is 6.09. The molecule has 148 valence electrons. The Hall–Kier alpha value is -2.98. The molecule has 1 aromatic carbocycles. The first kappa shape index (κ1) is 22.1. The molecule has 0 fully saturated rings. The number of amides is 3. The lowest BCUT2D eigenvalue weighted by Crippen LogP contribution is -2.58. The number of hydrogen-bond acceptors (Lipinski definition) is 6. The molecule has 8 N–H and O–H groups in total. The first-order chi connectivity index (χ1) is 12.6. The van der Waals surface area contributed by atoms with Crippen LogP contribution in [-0.4, -0.2) is 58.1 Å². The zero-order valence-electron chi connectivity index (χ0n) is 14.8. The highest BCUT2D eigenvalue weighted by molar-refractivity contribution is 5.93. The van der Waals surface area contributed by atoms with E-state index in [9.17, 15) is 29.4 Å². The number of rotatable bonds is 10. The van der Waals surface area contributed by atoms with Crippen molar-refractivity contribution in [1.29, 1.82) is 0 Å². The van der Waals surface area contributed by atoms with Gasteiger partial charge in [-0.25, -0.2) is 4.79 Å². The number of carbonyl (C=O) groups is 4. The Labute approximate surface area is 155 Å². The van der Waals surface area contributed by atoms with E-state index in [2.05, 4.69) is 10.6 Å². The third-order valence-corrected chi connectivity index (χ3v) is 3.72. The van der Waals surface area contributed by atoms with Crippen LogP contribution in [-0.2, 0) is 25.6 Å². The van der Waals surface area contributed by atoms with Crippen LogP contribution in [0.1, 0.15) is 18.9 Å². The number of carboxylic acid groups (broad SMARTS) is 1. The molecule has 0 bridgehead atoms. The van der Waals surface area contributed by atoms with Crippen LogP contribution in [0, 0.1) is 0 Å². The van der Waals surface area contributed by atoms with Crippen molar-refractivity contribution in [3.8, 4) is 0 Å². The Balaban J connectivity index is 2.81. The van der Waals surface area contributed by atoms with Gasteiger partial charge in [-0.15, -0.1) is 0 Å². The summed E-state index contributed by atoms with van der Waals surface area (Å²) in [7, 11) is 0. The van der Waals surface area contributed by atoms with Gasteiger partial charge in [0.15, 0.2) is 0 Å². The topological polar surface area (TPSA) is 185 Å². The van der Waals surface area contributed by atoms with Gasteiger partial charge in [-0.2, -0.15) is 0 Å². The van der Waals surface area contributed by atoms with Crippen molar-refractivity contribution in [3.63, 3.8) is 0 Å². The van der Waals surface area contributed by atoms with Crippen LogP contribution in [0.2, 0.25) is 0 Å². The summed E-state index contributed by atoms with van der Waals surface area (Å²) in [4.78, 5) is 46.6. The molecule has 0 saturated carbocycles. The molecule has 1 rings (SSSR count). The number of aliphatic carboxylic acids is 1. The van der Waals surface area contributed by atoms with Gasteiger partial charge in [0.2, 0.25) is 17.7 Å². The molecule has 0 heterocycles. The number of hydrogen-bond donors (Lipinski definition) is 6. The van der Waals surface area contributed by atoms with Crippen molar-refractivity contribution in [2.24, 2.45) is 11.5 Å². The zero-order valence-corrected chi connectivity index (χ0v) is 14.8. The molecule has 0 aliphatic heterocycles. The molecule has 0 aromatic heterocycles. The van der Waals surface area contributed by atoms with Gasteiger partial charge in [0.25, 0.3) is 0 Å². The quantitative estimate of drug-likeness (QED) is 0.267. The SMILES string of the molecule is C[C@@H](O)[C@H](NC(=O)[C@@H](N)CC(N)=O)C(=O)N[C@@H](Cc1ccccc1)C(=O)O. The first-order valence-corrected chi connectivity index (χ1v) is 8.21. The van der Waals surface area contributed by atoms with Crippen molar-refractivity contribution < 1.29 is 29.4 Å². The summed E-state index contributed by atoms with van der Waals surface area (Å²) in [5.41, 5.74) is 11.1. The van der Waals surface area contributed by atoms with Crippen molar-refractivity contribution in [2.45, 2.75) is 44.0 Å². The Bertz CT molecular complexity index is 679. The lowest BCUT2D eigenvalue weighted by atomic mass is 10.0. The van der Waals surface area contributed by atoms with Crippen molar-refractivity contribution in [1.82, 2.24) is 10.6 Å². The summed E-state index contributed by atoms with van der Waals surface area (Å²) < 4.78 is 0. The third kappa shape index (κ3) is 7.42. The van der Waals surface area contributed by atoms with Crippen LogP contribution in [0.4, 0.5) is 0 Å². The Kier molecular flexibility index (Phi) is 8.36. The van der Waals surface area contributed by atoms with E-state index >= 15 is 0 Å². The van der Waals surface area contributed by atoms with Gasteiger partial charge < -0.3 is 32.3 Å². The van der Waals surface area contributed by atoms with E-state index in [1.165, 1.54) is 6.92 Å². The summed E-state index contributed by atoms with van der Waals surface area (Å²) in [5, 5.41) is 23.6. The van der Waals surface area contributed by atoms with E-state index in [1.807, 2.05) is 0 Å². The zero-order chi connectivity index (χ0) is 20.6. The molecular weight excluding hydrogens is 356 g/mol. The van der Waals surface area contributed by atoms with E-state index in [1.54, 1.807) is 30.3 Å². The molecule has 0 unspecified atom stereocenters. The monoisotopic (exact) mass is 380 g/mol. The summed E-state index contributed by atoms with van der Waals surface area (Å²) >= 11 is 0. The number of carbonyl (C=O) groups excluding carboxylic acids is 3. The fourth-order valence-electron chi connectivity index (χ4n) is 2.29. The highest BCUT2D eigenvalue weighted by atomic mass is 16.4. The van der Waals surface area contributed by atoms with E-state index in [0.717, 1.165) is 0 Å². The second-order valence-electron chi connectivity index (χ2n) is 6.09. The molecule has 27 heavy (non-hydrogen) atoms. The number of nitrogens with two attached hydrogens (primary N) is 2. The van der Waals surface area contributed by atoms with Gasteiger partial charge in [-0.3, -0.25) is 14.4 Å². The third-order valence-electron chi connectivity index (χ3n) is 3.72. The predicted octanol–water partition coefficient (Wildman–Crippen LogP) is -2.13. The maximum atomic E-state index is 12.4. The van der Waals surface area contributed by atoms with Crippen LogP contribution in [0.3, 0.4) is 0 Å². The minimum absolute atomic E-state index is 0.0174. The molecule has 3 amide bonds. The lowest BCUT2D eigenvalue weighted by Gasteiger charge is -2.24. The summed E-state index contributed by atoms with van der Waals surface area (Å²) in [5.74, 6) is -3.84. The standard InChI is InChI=1S/C17H24N4O6/c1-9(22)14(21-15(24)11(18)8-13(19)23)16(25)20-12(17(26)27)7-10-5-3-2-4-6-10/h2-6,9,11-12,14,22H,7-8,18H2,1H3,(H2,19,23)(H,20,25)(H,21,24)(H,26,27)/t9-,11+,12+,14+/m1/s1. The fraction of sp³-hybridized carbons (Fsp3) is 0.412. The number of carboxylic acids is 1. The van der Waals surface area contributed by atoms with Crippen LogP contribution >= 0.6 is 0 Å². The molecule has 0 spiro atoms. The lowest BCUT2D eigenvalue weighted by molar-refractivity contribution is -0.143. The van der Waals surface area contributed by atoms with Gasteiger partial charge in [-0.05, 0) is 12.5 Å².